The van der Waals surface area contributed by atoms with Crippen LogP contribution in [0.4, 0.5) is 0 Å². The molecule has 6 rings (SSSR count). The summed E-state index contributed by atoms with van der Waals surface area (Å²) in [6.07, 6.45) is 6.94. The van der Waals surface area contributed by atoms with Crippen LogP contribution in [-0.2, 0) is 9.59 Å². The fourth-order valence-electron chi connectivity index (χ4n) is 8.71. The number of rotatable bonds is 6. The van der Waals surface area contributed by atoms with Gasteiger partial charge in [-0.05, 0) is 92.0 Å². The zero-order valence-corrected chi connectivity index (χ0v) is 23.4. The van der Waals surface area contributed by atoms with E-state index in [0.717, 1.165) is 24.2 Å². The quantitative estimate of drug-likeness (QED) is 0.488. The molecule has 4 aliphatic carbocycles. The number of ketones is 2. The average Bonchev–Trinajstić information content (AvgIpc) is 3.20. The minimum Gasteiger partial charge on any atom is -0.486 e. The highest BCUT2D eigenvalue weighted by atomic mass is 16.5. The molecule has 5 unspecified atom stereocenters. The maximum Gasteiger partial charge on any atom is 0.202 e. The lowest BCUT2D eigenvalue weighted by Gasteiger charge is -2.60. The number of carbonyl (C=O) groups is 2. The zero-order chi connectivity index (χ0) is 28.3. The predicted octanol–water partition coefficient (Wildman–Crippen LogP) is 5.68. The van der Waals surface area contributed by atoms with Crippen molar-refractivity contribution in [3.63, 3.8) is 0 Å². The SMILES string of the molecule is C[C@H]1CC2C([C@@H](O)CC3(C)C2CC[C@]3(O)C(=O)COc2ccc(Oc3ccccc3)cc2)C2(C)C=CC(=O)C=C12. The monoisotopic (exact) mass is 542 g/mol. The Morgan fingerprint density at radius 1 is 1.02 bits per heavy atom. The summed E-state index contributed by atoms with van der Waals surface area (Å²) in [6.45, 7) is 6.03. The first-order valence-corrected chi connectivity index (χ1v) is 14.4. The maximum atomic E-state index is 13.6. The summed E-state index contributed by atoms with van der Waals surface area (Å²) in [5.74, 6) is 1.95. The van der Waals surface area contributed by atoms with Gasteiger partial charge in [0.05, 0.1) is 6.10 Å². The summed E-state index contributed by atoms with van der Waals surface area (Å²) in [5.41, 5.74) is -1.63. The van der Waals surface area contributed by atoms with Crippen molar-refractivity contribution in [3.05, 3.63) is 78.4 Å². The van der Waals surface area contributed by atoms with E-state index in [1.807, 2.05) is 43.3 Å². The van der Waals surface area contributed by atoms with Crippen LogP contribution in [0, 0.1) is 34.5 Å². The van der Waals surface area contributed by atoms with Gasteiger partial charge in [0.2, 0.25) is 5.78 Å². The van der Waals surface area contributed by atoms with Gasteiger partial charge in [0.15, 0.2) is 5.78 Å². The summed E-state index contributed by atoms with van der Waals surface area (Å²) >= 11 is 0. The molecule has 4 aliphatic rings. The topological polar surface area (TPSA) is 93.1 Å². The molecule has 0 aliphatic heterocycles. The third-order valence-electron chi connectivity index (χ3n) is 10.6. The van der Waals surface area contributed by atoms with Gasteiger partial charge in [-0.2, -0.15) is 0 Å². The van der Waals surface area contributed by atoms with Gasteiger partial charge in [-0.25, -0.2) is 0 Å². The molecule has 0 amide bonds. The Morgan fingerprint density at radius 3 is 2.42 bits per heavy atom. The fraction of sp³-hybridized carbons (Fsp3) is 0.471. The van der Waals surface area contributed by atoms with Crippen LogP contribution in [-0.4, -0.2) is 40.1 Å². The van der Waals surface area contributed by atoms with Gasteiger partial charge in [-0.1, -0.05) is 50.6 Å². The summed E-state index contributed by atoms with van der Waals surface area (Å²) in [6, 6.07) is 16.6. The third kappa shape index (κ3) is 4.15. The van der Waals surface area contributed by atoms with Crippen molar-refractivity contribution >= 4 is 11.6 Å². The standard InChI is InChI=1S/C34H38O6/c1-21-17-26-27-14-16-34(38,33(27,3)19-29(36)31(26)32(2)15-13-22(35)18-28(21)32)30(37)20-39-23-9-11-25(12-10-23)40-24-7-5-4-6-8-24/h4-13,15,18,21,26-27,29,31,36,38H,14,16-17,19-20H2,1-3H3/t21-,26?,27?,29-,31?,32?,33?,34-/m0/s1. The van der Waals surface area contributed by atoms with E-state index in [4.69, 9.17) is 9.47 Å². The Balaban J connectivity index is 1.17. The molecule has 3 saturated carbocycles. The van der Waals surface area contributed by atoms with E-state index in [0.29, 0.717) is 24.3 Å². The highest BCUT2D eigenvalue weighted by Gasteiger charge is 2.68. The molecule has 210 valence electrons. The van der Waals surface area contributed by atoms with Crippen molar-refractivity contribution in [2.75, 3.05) is 6.61 Å². The van der Waals surface area contributed by atoms with Crippen LogP contribution < -0.4 is 9.47 Å². The van der Waals surface area contributed by atoms with Crippen LogP contribution in [0.5, 0.6) is 17.2 Å². The number of Topliss-reactive ketones (excluding diaryl/α,β-unsaturated/α-hetero) is 1. The number of allylic oxidation sites excluding steroid dienone is 4. The number of hydrogen-bond donors (Lipinski definition) is 2. The Bertz CT molecular complexity index is 1360. The average molecular weight is 543 g/mol. The van der Waals surface area contributed by atoms with E-state index < -0.39 is 22.5 Å². The summed E-state index contributed by atoms with van der Waals surface area (Å²) in [5, 5.41) is 23.6. The van der Waals surface area contributed by atoms with Crippen molar-refractivity contribution in [2.24, 2.45) is 34.5 Å². The number of aliphatic hydroxyl groups excluding tert-OH is 1. The van der Waals surface area contributed by atoms with Gasteiger partial charge in [0, 0.05) is 16.7 Å². The molecule has 2 N–H and O–H groups in total. The molecule has 40 heavy (non-hydrogen) atoms. The van der Waals surface area contributed by atoms with Crippen LogP contribution in [0.15, 0.2) is 78.4 Å². The van der Waals surface area contributed by atoms with E-state index in [1.54, 1.807) is 36.4 Å². The molecule has 2 aromatic rings. The molecule has 6 heteroatoms. The van der Waals surface area contributed by atoms with Gasteiger partial charge in [-0.3, -0.25) is 9.59 Å². The van der Waals surface area contributed by atoms with Crippen molar-refractivity contribution in [1.82, 2.24) is 0 Å². The molecule has 0 radical (unpaired) electrons. The highest BCUT2D eigenvalue weighted by molar-refractivity contribution is 6.01. The van der Waals surface area contributed by atoms with Crippen molar-refractivity contribution < 1.29 is 29.3 Å². The molecule has 0 bridgehead atoms. The Morgan fingerprint density at radius 2 is 1.70 bits per heavy atom. The molecule has 0 heterocycles. The summed E-state index contributed by atoms with van der Waals surface area (Å²) in [4.78, 5) is 25.8. The van der Waals surface area contributed by atoms with Crippen molar-refractivity contribution in [2.45, 2.75) is 58.2 Å². The van der Waals surface area contributed by atoms with E-state index in [9.17, 15) is 19.8 Å². The number of aliphatic hydroxyl groups is 2. The van der Waals surface area contributed by atoms with Gasteiger partial charge in [0.1, 0.15) is 29.5 Å². The van der Waals surface area contributed by atoms with Crippen molar-refractivity contribution in [3.8, 4) is 17.2 Å². The van der Waals surface area contributed by atoms with E-state index in [2.05, 4.69) is 13.8 Å². The lowest BCUT2D eigenvalue weighted by atomic mass is 9.45. The molecular weight excluding hydrogens is 504 g/mol. The second-order valence-corrected chi connectivity index (χ2v) is 12.7. The normalized spacial score (nSPS) is 38.1. The number of ether oxygens (including phenoxy) is 2. The van der Waals surface area contributed by atoms with E-state index >= 15 is 0 Å². The molecule has 0 spiro atoms. The summed E-state index contributed by atoms with van der Waals surface area (Å²) < 4.78 is 11.7. The van der Waals surface area contributed by atoms with Crippen molar-refractivity contribution in [1.29, 1.82) is 0 Å². The molecule has 0 aromatic heterocycles. The lowest BCUT2D eigenvalue weighted by molar-refractivity contribution is -0.179. The lowest BCUT2D eigenvalue weighted by Crippen LogP contribution is -2.62. The van der Waals surface area contributed by atoms with E-state index in [1.165, 1.54) is 0 Å². The van der Waals surface area contributed by atoms with Crippen LogP contribution >= 0.6 is 0 Å². The second-order valence-electron chi connectivity index (χ2n) is 12.7. The van der Waals surface area contributed by atoms with Gasteiger partial charge < -0.3 is 19.7 Å². The van der Waals surface area contributed by atoms with Crippen LogP contribution in [0.1, 0.15) is 46.5 Å². The maximum absolute atomic E-state index is 13.6. The van der Waals surface area contributed by atoms with Crippen LogP contribution in [0.25, 0.3) is 0 Å². The van der Waals surface area contributed by atoms with Gasteiger partial charge >= 0.3 is 0 Å². The molecule has 2 aromatic carbocycles. The number of carbonyl (C=O) groups excluding carboxylic acids is 2. The number of fused-ring (bicyclic) bond motifs is 5. The molecular formula is C34H38O6. The van der Waals surface area contributed by atoms with Crippen LogP contribution in [0.2, 0.25) is 0 Å². The zero-order valence-electron chi connectivity index (χ0n) is 23.4. The van der Waals surface area contributed by atoms with Gasteiger partial charge in [-0.15, -0.1) is 0 Å². The first kappa shape index (κ1) is 27.0. The first-order valence-electron chi connectivity index (χ1n) is 14.4. The summed E-state index contributed by atoms with van der Waals surface area (Å²) in [7, 11) is 0. The number of para-hydroxylation sites is 1. The number of hydrogen-bond acceptors (Lipinski definition) is 6. The Hall–Kier alpha value is -3.22. The Labute approximate surface area is 235 Å². The minimum absolute atomic E-state index is 0.00658. The minimum atomic E-state index is -1.57. The fourth-order valence-corrected chi connectivity index (χ4v) is 8.71. The molecule has 8 atom stereocenters. The molecule has 3 fully saturated rings. The van der Waals surface area contributed by atoms with Crippen LogP contribution in [0.3, 0.4) is 0 Å². The molecule has 6 nitrogen and oxygen atoms in total. The Kier molecular flexibility index (Phi) is 6.54. The predicted molar refractivity (Wildman–Crippen MR) is 151 cm³/mol. The second kappa shape index (κ2) is 9.71. The number of benzene rings is 2. The smallest absolute Gasteiger partial charge is 0.202 e. The van der Waals surface area contributed by atoms with E-state index in [-0.39, 0.29) is 41.8 Å². The molecule has 0 saturated heterocycles. The highest BCUT2D eigenvalue weighted by Crippen LogP contribution is 2.67. The van der Waals surface area contributed by atoms with Gasteiger partial charge in [0.25, 0.3) is 0 Å². The largest absolute Gasteiger partial charge is 0.486 e. The first-order chi connectivity index (χ1) is 19.0. The third-order valence-corrected chi connectivity index (χ3v) is 10.6.